The highest BCUT2D eigenvalue weighted by molar-refractivity contribution is 5.16. The maximum absolute atomic E-state index is 9.72. The highest BCUT2D eigenvalue weighted by Crippen LogP contribution is 2.39. The Balaban J connectivity index is 1.81. The van der Waals surface area contributed by atoms with Crippen molar-refractivity contribution in [1.82, 2.24) is 0 Å². The van der Waals surface area contributed by atoms with Gasteiger partial charge in [-0.15, -0.1) is 0 Å². The standard InChI is InChI=1S/C16H19NO5/c1-19-16-11(7-17)12(8-18)14-13(21-16)9-20-15(22-14)10-5-3-2-4-6-10/h2-6,11-16,18H,8-9H2,1H3/t11-,12+,13-,14+,15?,16+/m1/s1. The summed E-state index contributed by atoms with van der Waals surface area (Å²) in [6.45, 7) is 0.170. The van der Waals surface area contributed by atoms with Crippen molar-refractivity contribution in [2.75, 3.05) is 20.3 Å². The lowest BCUT2D eigenvalue weighted by atomic mass is 9.83. The lowest BCUT2D eigenvalue weighted by molar-refractivity contribution is -0.339. The van der Waals surface area contributed by atoms with Crippen LogP contribution in [-0.2, 0) is 18.9 Å². The first-order valence-corrected chi connectivity index (χ1v) is 7.29. The summed E-state index contributed by atoms with van der Waals surface area (Å²) < 4.78 is 22.7. The van der Waals surface area contributed by atoms with E-state index in [1.807, 2.05) is 30.3 Å². The van der Waals surface area contributed by atoms with Crippen LogP contribution in [0.3, 0.4) is 0 Å². The first-order valence-electron chi connectivity index (χ1n) is 7.29. The minimum atomic E-state index is -0.677. The van der Waals surface area contributed by atoms with Crippen molar-refractivity contribution >= 4 is 0 Å². The average molecular weight is 305 g/mol. The Hall–Kier alpha value is -1.49. The summed E-state index contributed by atoms with van der Waals surface area (Å²) >= 11 is 0. The van der Waals surface area contributed by atoms with E-state index in [0.29, 0.717) is 6.61 Å². The van der Waals surface area contributed by atoms with Crippen molar-refractivity contribution < 1.29 is 24.1 Å². The number of methoxy groups -OCH3 is 1. The quantitative estimate of drug-likeness (QED) is 0.904. The van der Waals surface area contributed by atoms with Crippen LogP contribution in [0, 0.1) is 23.2 Å². The molecule has 1 aromatic rings. The minimum absolute atomic E-state index is 0.163. The molecule has 0 aliphatic carbocycles. The summed E-state index contributed by atoms with van der Waals surface area (Å²) in [7, 11) is 1.49. The van der Waals surface area contributed by atoms with Crippen LogP contribution in [0.25, 0.3) is 0 Å². The molecule has 3 rings (SSSR count). The van der Waals surface area contributed by atoms with E-state index in [2.05, 4.69) is 6.07 Å². The van der Waals surface area contributed by atoms with Gasteiger partial charge in [0.1, 0.15) is 12.0 Å². The molecule has 22 heavy (non-hydrogen) atoms. The minimum Gasteiger partial charge on any atom is -0.396 e. The van der Waals surface area contributed by atoms with Crippen LogP contribution < -0.4 is 0 Å². The zero-order chi connectivity index (χ0) is 15.5. The maximum Gasteiger partial charge on any atom is 0.184 e. The number of nitriles is 1. The first kappa shape index (κ1) is 15.4. The van der Waals surface area contributed by atoms with Crippen LogP contribution >= 0.6 is 0 Å². The number of aliphatic hydroxyl groups excluding tert-OH is 1. The third-order valence-corrected chi connectivity index (χ3v) is 4.21. The lowest BCUT2D eigenvalue weighted by Crippen LogP contribution is -2.57. The number of hydrogen-bond donors (Lipinski definition) is 1. The zero-order valence-electron chi connectivity index (χ0n) is 12.3. The van der Waals surface area contributed by atoms with Gasteiger partial charge in [0.2, 0.25) is 0 Å². The Morgan fingerprint density at radius 3 is 2.73 bits per heavy atom. The fraction of sp³-hybridized carbons (Fsp3) is 0.562. The van der Waals surface area contributed by atoms with Crippen LogP contribution in [0.15, 0.2) is 30.3 Å². The van der Waals surface area contributed by atoms with Gasteiger partial charge >= 0.3 is 0 Å². The zero-order valence-corrected chi connectivity index (χ0v) is 12.3. The molecule has 1 unspecified atom stereocenters. The lowest BCUT2D eigenvalue weighted by Gasteiger charge is -2.47. The number of ether oxygens (including phenoxy) is 4. The summed E-state index contributed by atoms with van der Waals surface area (Å²) in [4.78, 5) is 0. The molecule has 0 amide bonds. The molecule has 118 valence electrons. The van der Waals surface area contributed by atoms with Crippen LogP contribution in [-0.4, -0.2) is 43.9 Å². The number of fused-ring (bicyclic) bond motifs is 1. The van der Waals surface area contributed by atoms with Gasteiger partial charge in [-0.25, -0.2) is 0 Å². The molecular weight excluding hydrogens is 286 g/mol. The molecule has 0 saturated carbocycles. The number of rotatable bonds is 3. The predicted molar refractivity (Wildman–Crippen MR) is 75.4 cm³/mol. The monoisotopic (exact) mass is 305 g/mol. The molecule has 0 bridgehead atoms. The van der Waals surface area contributed by atoms with Gasteiger partial charge in [0.15, 0.2) is 12.6 Å². The molecule has 2 saturated heterocycles. The third kappa shape index (κ3) is 2.74. The third-order valence-electron chi connectivity index (χ3n) is 4.21. The van der Waals surface area contributed by atoms with E-state index < -0.39 is 24.6 Å². The Morgan fingerprint density at radius 2 is 2.09 bits per heavy atom. The van der Waals surface area contributed by atoms with Gasteiger partial charge < -0.3 is 24.1 Å². The van der Waals surface area contributed by atoms with Gasteiger partial charge in [-0.05, 0) is 0 Å². The number of nitrogens with zero attached hydrogens (tertiary/aromatic N) is 1. The molecule has 0 radical (unpaired) electrons. The molecule has 0 aromatic heterocycles. The van der Waals surface area contributed by atoms with Crippen LogP contribution in [0.4, 0.5) is 0 Å². The molecule has 0 spiro atoms. The van der Waals surface area contributed by atoms with Gasteiger partial charge in [0.05, 0.1) is 18.8 Å². The van der Waals surface area contributed by atoms with Crippen LogP contribution in [0.5, 0.6) is 0 Å². The molecule has 2 aliphatic heterocycles. The predicted octanol–water partition coefficient (Wildman–Crippen LogP) is 1.22. The fourth-order valence-corrected chi connectivity index (χ4v) is 3.06. The van der Waals surface area contributed by atoms with E-state index in [0.717, 1.165) is 5.56 Å². The maximum atomic E-state index is 9.72. The Labute approximate surface area is 129 Å². The Morgan fingerprint density at radius 1 is 1.32 bits per heavy atom. The highest BCUT2D eigenvalue weighted by atomic mass is 16.7. The van der Waals surface area contributed by atoms with Gasteiger partial charge in [-0.3, -0.25) is 0 Å². The number of aliphatic hydroxyl groups is 1. The van der Waals surface area contributed by atoms with Crippen LogP contribution in [0.1, 0.15) is 11.9 Å². The largest absolute Gasteiger partial charge is 0.396 e. The highest BCUT2D eigenvalue weighted by Gasteiger charge is 2.49. The molecule has 6 heteroatoms. The molecular formula is C16H19NO5. The summed E-state index contributed by atoms with van der Waals surface area (Å²) in [6, 6.07) is 11.7. The smallest absolute Gasteiger partial charge is 0.184 e. The first-order chi connectivity index (χ1) is 10.8. The SMILES string of the molecule is CO[C@H]1O[C@@H]2COC(c3ccccc3)O[C@H]2[C@@H](CO)[C@H]1C#N. The number of benzene rings is 1. The molecule has 1 aromatic carbocycles. The van der Waals surface area contributed by atoms with Crippen molar-refractivity contribution in [1.29, 1.82) is 5.26 Å². The van der Waals surface area contributed by atoms with E-state index in [9.17, 15) is 10.4 Å². The average Bonchev–Trinajstić information content (AvgIpc) is 2.60. The summed E-state index contributed by atoms with van der Waals surface area (Å²) in [5.41, 5.74) is 0.903. The topological polar surface area (TPSA) is 80.9 Å². The van der Waals surface area contributed by atoms with Crippen molar-refractivity contribution in [3.8, 4) is 6.07 Å². The Kier molecular flexibility index (Phi) is 4.71. The summed E-state index contributed by atoms with van der Waals surface area (Å²) in [6.07, 6.45) is -1.95. The normalized spacial score (nSPS) is 38.0. The van der Waals surface area contributed by atoms with Gasteiger partial charge in [-0.2, -0.15) is 5.26 Å². The van der Waals surface area contributed by atoms with Crippen molar-refractivity contribution in [2.45, 2.75) is 24.8 Å². The summed E-state index contributed by atoms with van der Waals surface area (Å²) in [5.74, 6) is -0.949. The van der Waals surface area contributed by atoms with E-state index >= 15 is 0 Å². The second kappa shape index (κ2) is 6.73. The van der Waals surface area contributed by atoms with Crippen molar-refractivity contribution in [3.05, 3.63) is 35.9 Å². The molecule has 6 atom stereocenters. The van der Waals surface area contributed by atoms with E-state index in [1.54, 1.807) is 0 Å². The van der Waals surface area contributed by atoms with Crippen LogP contribution in [0.2, 0.25) is 0 Å². The van der Waals surface area contributed by atoms with Gasteiger partial charge in [-0.1, -0.05) is 30.3 Å². The summed E-state index contributed by atoms with van der Waals surface area (Å²) in [5, 5.41) is 19.1. The molecule has 1 N–H and O–H groups in total. The molecule has 2 aliphatic rings. The second-order valence-corrected chi connectivity index (χ2v) is 5.46. The molecule has 2 fully saturated rings. The second-order valence-electron chi connectivity index (χ2n) is 5.46. The Bertz CT molecular complexity index is 531. The van der Waals surface area contributed by atoms with E-state index in [4.69, 9.17) is 18.9 Å². The number of hydrogen-bond acceptors (Lipinski definition) is 6. The van der Waals surface area contributed by atoms with Gasteiger partial charge in [0.25, 0.3) is 0 Å². The molecule has 6 nitrogen and oxygen atoms in total. The van der Waals surface area contributed by atoms with Crippen molar-refractivity contribution in [2.24, 2.45) is 11.8 Å². The van der Waals surface area contributed by atoms with Gasteiger partial charge in [0, 0.05) is 25.2 Å². The van der Waals surface area contributed by atoms with Crippen molar-refractivity contribution in [3.63, 3.8) is 0 Å². The molecule has 2 heterocycles. The van der Waals surface area contributed by atoms with E-state index in [-0.39, 0.29) is 18.6 Å². The van der Waals surface area contributed by atoms with E-state index in [1.165, 1.54) is 7.11 Å². The fourth-order valence-electron chi connectivity index (χ4n) is 3.06.